The van der Waals surface area contributed by atoms with Gasteiger partial charge in [-0.2, -0.15) is 0 Å². The average molecular weight is 714 g/mol. The highest BCUT2D eigenvalue weighted by atomic mass is 35.5. The Bertz CT molecular complexity index is 1680. The van der Waals surface area contributed by atoms with Crippen LogP contribution in [0, 0.1) is 17.8 Å². The van der Waals surface area contributed by atoms with Crippen LogP contribution in [0.3, 0.4) is 0 Å². The van der Waals surface area contributed by atoms with Crippen molar-refractivity contribution in [3.63, 3.8) is 0 Å². The van der Waals surface area contributed by atoms with Crippen molar-refractivity contribution in [2.75, 3.05) is 38.2 Å². The van der Waals surface area contributed by atoms with E-state index in [9.17, 15) is 23.1 Å². The summed E-state index contributed by atoms with van der Waals surface area (Å²) >= 11 is 6.37. The number of nitrogens with zero attached hydrogens (tertiary/aromatic N) is 2. The second-order valence-electron chi connectivity index (χ2n) is 14.9. The molecule has 5 aliphatic rings. The van der Waals surface area contributed by atoms with Gasteiger partial charge in [-0.1, -0.05) is 23.7 Å². The van der Waals surface area contributed by atoms with E-state index in [0.717, 1.165) is 75.6 Å². The summed E-state index contributed by atoms with van der Waals surface area (Å²) in [6.45, 7) is 2.97. The highest BCUT2D eigenvalue weighted by Crippen LogP contribution is 2.45. The summed E-state index contributed by atoms with van der Waals surface area (Å²) in [4.78, 5) is 31.5. The van der Waals surface area contributed by atoms with Gasteiger partial charge in [0.2, 0.25) is 15.9 Å². The SMILES string of the molecule is CN1CC[C@@H]2CCO[C@@H](C2)[C@@H]2CC[C@H]2CN2CCCCc3cc(Cl)ccc3COc3ccc(cc32)[C@](O)(C(=O)NS(=O)(=O)C2CC2)CC1=O. The van der Waals surface area contributed by atoms with Gasteiger partial charge in [-0.15, -0.1) is 0 Å². The van der Waals surface area contributed by atoms with Gasteiger partial charge in [-0.3, -0.25) is 14.3 Å². The first kappa shape index (κ1) is 34.6. The van der Waals surface area contributed by atoms with E-state index in [-0.39, 0.29) is 11.7 Å². The molecular weight excluding hydrogens is 666 g/mol. The fraction of sp³-hybridized carbons (Fsp3) is 0.622. The van der Waals surface area contributed by atoms with Gasteiger partial charge in [-0.25, -0.2) is 8.42 Å². The molecule has 2 aromatic carbocycles. The minimum atomic E-state index is -3.99. The van der Waals surface area contributed by atoms with Crippen LogP contribution in [0.25, 0.3) is 0 Å². The Kier molecular flexibility index (Phi) is 9.91. The first-order chi connectivity index (χ1) is 23.5. The van der Waals surface area contributed by atoms with Crippen LogP contribution in [0.15, 0.2) is 36.4 Å². The van der Waals surface area contributed by atoms with E-state index < -0.39 is 39.1 Å². The van der Waals surface area contributed by atoms with E-state index in [4.69, 9.17) is 21.1 Å². The number of halogens is 1. The third-order valence-corrected chi connectivity index (χ3v) is 13.6. The smallest absolute Gasteiger partial charge is 0.270 e. The fourth-order valence-electron chi connectivity index (χ4n) is 8.09. The molecule has 0 radical (unpaired) electrons. The molecule has 2 N–H and O–H groups in total. The Morgan fingerprint density at radius 3 is 2.63 bits per heavy atom. The summed E-state index contributed by atoms with van der Waals surface area (Å²) in [5, 5.41) is 12.3. The Hall–Kier alpha value is -2.86. The molecule has 49 heavy (non-hydrogen) atoms. The number of carbonyl (C=O) groups is 2. The van der Waals surface area contributed by atoms with Crippen molar-refractivity contribution in [3.05, 3.63) is 58.1 Å². The predicted molar refractivity (Wildman–Crippen MR) is 187 cm³/mol. The first-order valence-corrected chi connectivity index (χ1v) is 19.9. The third-order valence-electron chi connectivity index (χ3n) is 11.6. The molecule has 10 nitrogen and oxygen atoms in total. The zero-order chi connectivity index (χ0) is 34.3. The van der Waals surface area contributed by atoms with Crippen LogP contribution in [0.4, 0.5) is 5.69 Å². The molecule has 1 saturated heterocycles. The van der Waals surface area contributed by atoms with Crippen molar-refractivity contribution in [3.8, 4) is 5.75 Å². The summed E-state index contributed by atoms with van der Waals surface area (Å²) in [6, 6.07) is 10.9. The van der Waals surface area contributed by atoms with Crippen molar-refractivity contribution in [1.29, 1.82) is 0 Å². The van der Waals surface area contributed by atoms with Crippen molar-refractivity contribution in [2.45, 2.75) is 94.2 Å². The molecule has 266 valence electrons. The zero-order valence-corrected chi connectivity index (χ0v) is 29.8. The first-order valence-electron chi connectivity index (χ1n) is 17.9. The van der Waals surface area contributed by atoms with Crippen molar-refractivity contribution < 1.29 is 32.6 Å². The quantitative estimate of drug-likeness (QED) is 0.459. The van der Waals surface area contributed by atoms with Gasteiger partial charge < -0.3 is 24.4 Å². The number of anilines is 1. The number of benzene rings is 2. The number of rotatable bonds is 3. The van der Waals surface area contributed by atoms with Crippen molar-refractivity contribution >= 4 is 39.1 Å². The van der Waals surface area contributed by atoms with Gasteiger partial charge in [-0.05, 0) is 123 Å². The third kappa shape index (κ3) is 7.46. The number of aryl methyl sites for hydroxylation is 1. The number of hydrogen-bond acceptors (Lipinski definition) is 8. The molecular formula is C37H48ClN3O7S. The maximum atomic E-state index is 13.9. The van der Waals surface area contributed by atoms with Crippen LogP contribution in [0.5, 0.6) is 5.75 Å². The number of sulfonamides is 1. The molecule has 0 unspecified atom stereocenters. The number of nitrogens with one attached hydrogen (secondary N) is 1. The predicted octanol–water partition coefficient (Wildman–Crippen LogP) is 4.93. The summed E-state index contributed by atoms with van der Waals surface area (Å²) in [7, 11) is -2.31. The van der Waals surface area contributed by atoms with Gasteiger partial charge in [0.05, 0.1) is 23.5 Å². The number of hydrogen-bond donors (Lipinski definition) is 2. The number of fused-ring (bicyclic) bond motifs is 6. The van der Waals surface area contributed by atoms with Gasteiger partial charge in [0.1, 0.15) is 12.4 Å². The van der Waals surface area contributed by atoms with Crippen molar-refractivity contribution in [2.24, 2.45) is 17.8 Å². The molecule has 2 amide bonds. The van der Waals surface area contributed by atoms with E-state index >= 15 is 0 Å². The molecule has 7 rings (SSSR count). The molecule has 12 heteroatoms. The van der Waals surface area contributed by atoms with Crippen LogP contribution in [-0.4, -0.2) is 74.9 Å². The lowest BCUT2D eigenvalue weighted by molar-refractivity contribution is -0.148. The van der Waals surface area contributed by atoms with E-state index in [1.54, 1.807) is 30.1 Å². The van der Waals surface area contributed by atoms with E-state index in [0.29, 0.717) is 66.8 Å². The second-order valence-corrected chi connectivity index (χ2v) is 17.3. The number of carbonyl (C=O) groups excluding carboxylic acids is 2. The number of ether oxygens (including phenoxy) is 2. The summed E-state index contributed by atoms with van der Waals surface area (Å²) in [5.41, 5.74) is 0.638. The lowest BCUT2D eigenvalue weighted by atomic mass is 9.67. The highest BCUT2D eigenvalue weighted by Gasteiger charge is 2.47. The lowest BCUT2D eigenvalue weighted by Crippen LogP contribution is -2.50. The van der Waals surface area contributed by atoms with E-state index in [1.807, 2.05) is 18.2 Å². The second kappa shape index (κ2) is 14.0. The van der Waals surface area contributed by atoms with Gasteiger partial charge in [0.15, 0.2) is 5.60 Å². The number of aliphatic hydroxyl groups is 1. The van der Waals surface area contributed by atoms with Crippen LogP contribution in [-0.2, 0) is 43.0 Å². The molecule has 2 aliphatic carbocycles. The maximum absolute atomic E-state index is 13.9. The molecule has 2 saturated carbocycles. The minimum absolute atomic E-state index is 0.157. The van der Waals surface area contributed by atoms with Crippen LogP contribution < -0.4 is 14.4 Å². The number of amides is 2. The molecule has 5 atom stereocenters. The largest absolute Gasteiger partial charge is 0.487 e. The lowest BCUT2D eigenvalue weighted by Gasteiger charge is -2.47. The van der Waals surface area contributed by atoms with Crippen LogP contribution in [0.1, 0.15) is 80.9 Å². The van der Waals surface area contributed by atoms with Gasteiger partial charge in [0, 0.05) is 38.3 Å². The fourth-order valence-corrected chi connectivity index (χ4v) is 9.64. The normalized spacial score (nSPS) is 29.7. The summed E-state index contributed by atoms with van der Waals surface area (Å²) in [6.07, 6.45) is 8.11. The van der Waals surface area contributed by atoms with Gasteiger partial charge >= 0.3 is 0 Å². The molecule has 0 spiro atoms. The Morgan fingerprint density at radius 2 is 1.86 bits per heavy atom. The molecule has 3 heterocycles. The standard InChI is InChI=1S/C37H48ClN3O7S/c1-40-16-13-24-14-17-47-34(18-24)31-11-6-26(31)22-41-15-3-2-4-25-19-29(38)8-5-27(25)23-48-33-12-7-28(20-32(33)41)37(44,21-35(40)42)36(43)39-49(45,46)30-9-10-30/h5,7-8,12,19-20,24,26,30-31,34,44H,2-4,6,9-11,13-18,21-23H2,1H3,(H,39,43)/t24-,26+,31-,34+,37+/m1/s1. The molecule has 2 aromatic rings. The monoisotopic (exact) mass is 713 g/mol. The Balaban J connectivity index is 1.31. The topological polar surface area (TPSA) is 125 Å². The Morgan fingerprint density at radius 1 is 1.02 bits per heavy atom. The molecule has 4 bridgehead atoms. The van der Waals surface area contributed by atoms with Crippen LogP contribution in [0.2, 0.25) is 5.02 Å². The molecule has 0 aromatic heterocycles. The highest BCUT2D eigenvalue weighted by molar-refractivity contribution is 7.90. The summed E-state index contributed by atoms with van der Waals surface area (Å²) < 4.78 is 40.9. The minimum Gasteiger partial charge on any atom is -0.487 e. The van der Waals surface area contributed by atoms with Crippen LogP contribution >= 0.6 is 11.6 Å². The Labute approximate surface area is 294 Å². The molecule has 3 fully saturated rings. The maximum Gasteiger partial charge on any atom is 0.270 e. The zero-order valence-electron chi connectivity index (χ0n) is 28.2. The van der Waals surface area contributed by atoms with E-state index in [2.05, 4.69) is 9.62 Å². The van der Waals surface area contributed by atoms with Gasteiger partial charge in [0.25, 0.3) is 5.91 Å². The van der Waals surface area contributed by atoms with E-state index in [1.165, 1.54) is 0 Å². The average Bonchev–Trinajstić information content (AvgIpc) is 3.92. The molecule has 3 aliphatic heterocycles. The van der Waals surface area contributed by atoms with Crippen molar-refractivity contribution in [1.82, 2.24) is 9.62 Å². The summed E-state index contributed by atoms with van der Waals surface area (Å²) in [5.74, 6) is 0.301.